The Labute approximate surface area is 143 Å². The molecule has 6 atom stereocenters. The molecule has 0 amide bonds. The molecule has 0 unspecified atom stereocenters. The third-order valence-electron chi connectivity index (χ3n) is 7.83. The largest absolute Gasteiger partial charge is 0.508 e. The zero-order valence-corrected chi connectivity index (χ0v) is 14.4. The van der Waals surface area contributed by atoms with Gasteiger partial charge in [0.05, 0.1) is 6.10 Å². The molecule has 0 saturated heterocycles. The van der Waals surface area contributed by atoms with E-state index in [1.807, 2.05) is 12.1 Å². The van der Waals surface area contributed by atoms with Crippen LogP contribution in [0.15, 0.2) is 18.2 Å². The van der Waals surface area contributed by atoms with Gasteiger partial charge in [-0.3, -0.25) is 0 Å². The molecule has 1 aromatic carbocycles. The van der Waals surface area contributed by atoms with Gasteiger partial charge in [-0.1, -0.05) is 25.8 Å². The summed E-state index contributed by atoms with van der Waals surface area (Å²) in [6, 6.07) is 5.63. The fourth-order valence-electron chi connectivity index (χ4n) is 6.18. The van der Waals surface area contributed by atoms with E-state index >= 15 is 0 Å². The molecular weight excluding hydrogens is 300 g/mol. The summed E-state index contributed by atoms with van der Waals surface area (Å²) in [5.41, 5.74) is 2.42. The first kappa shape index (κ1) is 15.8. The maximum Gasteiger partial charge on any atom is 0.115 e. The van der Waals surface area contributed by atoms with Crippen molar-refractivity contribution in [2.75, 3.05) is 0 Å². The number of benzene rings is 1. The lowest BCUT2D eigenvalue weighted by Gasteiger charge is -2.57. The molecule has 1 aromatic rings. The minimum Gasteiger partial charge on any atom is -0.508 e. The van der Waals surface area contributed by atoms with Gasteiger partial charge < -0.3 is 15.3 Å². The number of fused-ring (bicyclic) bond motifs is 5. The van der Waals surface area contributed by atoms with Crippen LogP contribution in [0.25, 0.3) is 0 Å². The first-order valence-corrected chi connectivity index (χ1v) is 9.06. The first-order chi connectivity index (χ1) is 11.4. The van der Waals surface area contributed by atoms with Crippen LogP contribution in [-0.2, 0) is 0 Å². The van der Waals surface area contributed by atoms with Gasteiger partial charge in [-0.05, 0) is 78.0 Å². The molecular formula is C21H26O3. The second-order valence-electron chi connectivity index (χ2n) is 8.50. The van der Waals surface area contributed by atoms with Crippen molar-refractivity contribution in [1.82, 2.24) is 0 Å². The number of aromatic hydroxyl groups is 1. The van der Waals surface area contributed by atoms with Crippen molar-refractivity contribution >= 4 is 0 Å². The van der Waals surface area contributed by atoms with Crippen molar-refractivity contribution in [1.29, 1.82) is 0 Å². The summed E-state index contributed by atoms with van der Waals surface area (Å²) in [5, 5.41) is 29.7. The van der Waals surface area contributed by atoms with Gasteiger partial charge in [-0.2, -0.15) is 0 Å². The zero-order chi connectivity index (χ0) is 17.1. The monoisotopic (exact) mass is 326 g/mol. The van der Waals surface area contributed by atoms with Crippen molar-refractivity contribution in [2.24, 2.45) is 16.7 Å². The van der Waals surface area contributed by atoms with Crippen LogP contribution in [0.5, 0.6) is 5.75 Å². The third kappa shape index (κ3) is 1.90. The van der Waals surface area contributed by atoms with Crippen LogP contribution < -0.4 is 0 Å². The predicted molar refractivity (Wildman–Crippen MR) is 92.1 cm³/mol. The minimum atomic E-state index is -0.216. The normalized spacial score (nSPS) is 43.1. The van der Waals surface area contributed by atoms with Crippen LogP contribution in [0.3, 0.4) is 0 Å². The lowest BCUT2D eigenvalue weighted by Crippen LogP contribution is -2.51. The molecule has 0 spiro atoms. The van der Waals surface area contributed by atoms with Crippen molar-refractivity contribution in [2.45, 2.75) is 63.9 Å². The summed E-state index contributed by atoms with van der Waals surface area (Å²) < 4.78 is 0. The molecule has 0 heterocycles. The Hall–Kier alpha value is -1.66. The summed E-state index contributed by atoms with van der Waals surface area (Å²) in [7, 11) is 0. The highest BCUT2D eigenvalue weighted by Crippen LogP contribution is 2.68. The van der Waals surface area contributed by atoms with Gasteiger partial charge in [0, 0.05) is 5.92 Å². The molecule has 0 aromatic heterocycles. The van der Waals surface area contributed by atoms with E-state index in [1.54, 1.807) is 6.07 Å². The van der Waals surface area contributed by atoms with Gasteiger partial charge in [-0.25, -0.2) is 0 Å². The molecule has 3 N–H and O–H groups in total. The summed E-state index contributed by atoms with van der Waals surface area (Å²) in [6.07, 6.45) is 6.84. The van der Waals surface area contributed by atoms with E-state index in [4.69, 9.17) is 0 Å². The summed E-state index contributed by atoms with van der Waals surface area (Å²) >= 11 is 0. The van der Waals surface area contributed by atoms with E-state index in [-0.39, 0.29) is 28.6 Å². The Kier molecular flexibility index (Phi) is 3.41. The van der Waals surface area contributed by atoms with E-state index in [0.717, 1.165) is 37.7 Å². The van der Waals surface area contributed by atoms with Crippen molar-refractivity contribution in [3.8, 4) is 17.8 Å². The Morgan fingerprint density at radius 2 is 1.83 bits per heavy atom. The van der Waals surface area contributed by atoms with Crippen LogP contribution in [0.4, 0.5) is 0 Å². The highest BCUT2D eigenvalue weighted by atomic mass is 16.3. The van der Waals surface area contributed by atoms with Gasteiger partial charge in [-0.15, -0.1) is 0 Å². The number of aliphatic hydroxyl groups excluding tert-OH is 2. The Morgan fingerprint density at radius 3 is 2.58 bits per heavy atom. The summed E-state index contributed by atoms with van der Waals surface area (Å²) in [6.45, 7) is 4.62. The van der Waals surface area contributed by atoms with Gasteiger partial charge in [0.1, 0.15) is 11.9 Å². The molecule has 2 saturated carbocycles. The second kappa shape index (κ2) is 5.17. The van der Waals surface area contributed by atoms with Crippen molar-refractivity contribution in [3.05, 3.63) is 29.3 Å². The standard InChI is InChI=1S/C21H26O3/c1-20-9-6-19(24)21(20,2)8-5-16-15-4-3-14(23)12-17(15)13(7-10-22)11-18(16)20/h3-4,12-13,16,18-19,22-24H,5-6,8-9,11H2,1-2H3/t13-,16+,18+,19-,20-,21+/m0/s1. The maximum atomic E-state index is 10.6. The summed E-state index contributed by atoms with van der Waals surface area (Å²) in [5.74, 6) is 4.09. The van der Waals surface area contributed by atoms with E-state index in [0.29, 0.717) is 11.8 Å². The smallest absolute Gasteiger partial charge is 0.115 e. The fraction of sp³-hybridized carbons (Fsp3) is 0.619. The number of phenols is 1. The van der Waals surface area contributed by atoms with Gasteiger partial charge in [0.15, 0.2) is 0 Å². The van der Waals surface area contributed by atoms with Crippen molar-refractivity contribution < 1.29 is 15.3 Å². The molecule has 3 aliphatic rings. The second-order valence-corrected chi connectivity index (χ2v) is 8.50. The highest BCUT2D eigenvalue weighted by molar-refractivity contribution is 5.46. The third-order valence-corrected chi connectivity index (χ3v) is 7.83. The van der Waals surface area contributed by atoms with Crippen LogP contribution >= 0.6 is 0 Å². The topological polar surface area (TPSA) is 60.7 Å². The molecule has 0 bridgehead atoms. The summed E-state index contributed by atoms with van der Waals surface area (Å²) in [4.78, 5) is 0. The van der Waals surface area contributed by atoms with Crippen LogP contribution in [0, 0.1) is 28.8 Å². The molecule has 0 aliphatic heterocycles. The van der Waals surface area contributed by atoms with Crippen LogP contribution in [0.2, 0.25) is 0 Å². The SMILES string of the molecule is C[C@@]12CC[C@H](O)[C@@]1(C)CC[C@@H]1c3ccc(O)cc3[C@@H](C#CO)C[C@H]12. The Balaban J connectivity index is 1.84. The lowest BCUT2D eigenvalue weighted by molar-refractivity contribution is -0.0843. The molecule has 2 fully saturated rings. The Morgan fingerprint density at radius 1 is 1.08 bits per heavy atom. The first-order valence-electron chi connectivity index (χ1n) is 9.06. The average Bonchev–Trinajstić information content (AvgIpc) is 2.80. The van der Waals surface area contributed by atoms with Crippen molar-refractivity contribution in [3.63, 3.8) is 0 Å². The van der Waals surface area contributed by atoms with E-state index in [1.165, 1.54) is 5.56 Å². The highest BCUT2D eigenvalue weighted by Gasteiger charge is 2.62. The van der Waals surface area contributed by atoms with E-state index in [9.17, 15) is 15.3 Å². The molecule has 128 valence electrons. The number of hydrogen-bond acceptors (Lipinski definition) is 3. The van der Waals surface area contributed by atoms with Gasteiger partial charge >= 0.3 is 0 Å². The van der Waals surface area contributed by atoms with E-state index < -0.39 is 0 Å². The fourth-order valence-corrected chi connectivity index (χ4v) is 6.18. The lowest BCUT2D eigenvalue weighted by atomic mass is 9.47. The predicted octanol–water partition coefficient (Wildman–Crippen LogP) is 3.87. The van der Waals surface area contributed by atoms with Gasteiger partial charge in [0.25, 0.3) is 0 Å². The molecule has 3 nitrogen and oxygen atoms in total. The number of rotatable bonds is 0. The quantitative estimate of drug-likeness (QED) is 0.634. The number of phenolic OH excluding ortho intramolecular Hbond substituents is 1. The molecule has 3 aliphatic carbocycles. The number of hydrogen-bond donors (Lipinski definition) is 3. The average molecular weight is 326 g/mol. The molecule has 0 radical (unpaired) electrons. The Bertz CT molecular complexity index is 730. The van der Waals surface area contributed by atoms with E-state index in [2.05, 4.69) is 25.9 Å². The molecule has 3 heteroatoms. The number of aliphatic hydroxyl groups is 2. The minimum absolute atomic E-state index is 0.0280. The zero-order valence-electron chi connectivity index (χ0n) is 14.4. The molecule has 4 rings (SSSR count). The van der Waals surface area contributed by atoms with Gasteiger partial charge in [0.2, 0.25) is 0 Å². The van der Waals surface area contributed by atoms with Crippen LogP contribution in [0.1, 0.15) is 68.9 Å². The van der Waals surface area contributed by atoms with Crippen LogP contribution in [-0.4, -0.2) is 21.4 Å². The maximum absolute atomic E-state index is 10.6. The molecule has 24 heavy (non-hydrogen) atoms.